The number of aromatic nitrogens is 4. The Morgan fingerprint density at radius 3 is 2.74 bits per heavy atom. The first kappa shape index (κ1) is 12.9. The lowest BCUT2D eigenvalue weighted by atomic mass is 10.1. The molecule has 1 aromatic carbocycles. The van der Waals surface area contributed by atoms with Crippen molar-refractivity contribution in [1.29, 1.82) is 0 Å². The minimum atomic E-state index is -1.01. The number of hydrogen-bond donors (Lipinski definition) is 2. The van der Waals surface area contributed by atoms with Crippen molar-refractivity contribution in [3.8, 4) is 0 Å². The molecule has 0 bridgehead atoms. The first-order valence-electron chi connectivity index (χ1n) is 5.72. The number of aromatic amines is 1. The Hall–Kier alpha value is -2.57. The predicted molar refractivity (Wildman–Crippen MR) is 68.0 cm³/mol. The summed E-state index contributed by atoms with van der Waals surface area (Å²) in [6.45, 7) is 1.78. The van der Waals surface area contributed by atoms with Crippen molar-refractivity contribution >= 4 is 11.7 Å². The number of H-pyrrole nitrogens is 1. The predicted octanol–water partition coefficient (Wildman–Crippen LogP) is 0.705. The number of nitrogens with one attached hydrogen (secondary N) is 1. The molecule has 2 rings (SSSR count). The smallest absolute Gasteiger partial charge is 0.328 e. The van der Waals surface area contributed by atoms with Gasteiger partial charge in [-0.1, -0.05) is 35.5 Å². The van der Waals surface area contributed by atoms with E-state index in [1.54, 1.807) is 6.92 Å². The van der Waals surface area contributed by atoms with Gasteiger partial charge in [0.15, 0.2) is 11.9 Å². The van der Waals surface area contributed by atoms with Crippen LogP contribution >= 0.6 is 0 Å². The fraction of sp³-hybridized carbons (Fsp3) is 0.250. The van der Waals surface area contributed by atoms with Crippen LogP contribution in [0.2, 0.25) is 0 Å². The van der Waals surface area contributed by atoms with Crippen LogP contribution in [0.15, 0.2) is 35.3 Å². The number of benzene rings is 1. The normalized spacial score (nSPS) is 13.2. The molecule has 0 aliphatic rings. The van der Waals surface area contributed by atoms with Crippen LogP contribution in [0.3, 0.4) is 0 Å². The lowest BCUT2D eigenvalue weighted by molar-refractivity contribution is -0.138. The average molecular weight is 259 g/mol. The lowest BCUT2D eigenvalue weighted by Crippen LogP contribution is -2.23. The summed E-state index contributed by atoms with van der Waals surface area (Å²) in [6, 6.07) is 8.49. The monoisotopic (exact) mass is 259 g/mol. The molecule has 19 heavy (non-hydrogen) atoms. The van der Waals surface area contributed by atoms with Gasteiger partial charge in [-0.3, -0.25) is 4.99 Å². The molecule has 0 amide bonds. The van der Waals surface area contributed by atoms with E-state index in [9.17, 15) is 9.90 Å². The fourth-order valence-corrected chi connectivity index (χ4v) is 1.62. The second-order valence-corrected chi connectivity index (χ2v) is 3.97. The molecule has 0 saturated heterocycles. The van der Waals surface area contributed by atoms with E-state index in [0.29, 0.717) is 11.5 Å². The van der Waals surface area contributed by atoms with Crippen LogP contribution in [0.5, 0.6) is 0 Å². The third-order valence-electron chi connectivity index (χ3n) is 2.59. The quantitative estimate of drug-likeness (QED) is 0.769. The number of carboxylic acid groups (broad SMARTS) is 1. The van der Waals surface area contributed by atoms with Gasteiger partial charge in [0.2, 0.25) is 0 Å². The minimum Gasteiger partial charge on any atom is -0.480 e. The van der Waals surface area contributed by atoms with Crippen LogP contribution in [0, 0.1) is 0 Å². The van der Waals surface area contributed by atoms with Crippen molar-refractivity contribution in [2.45, 2.75) is 19.4 Å². The maximum atomic E-state index is 11.2. The molecule has 0 saturated carbocycles. The van der Waals surface area contributed by atoms with Gasteiger partial charge in [0.1, 0.15) is 0 Å². The first-order chi connectivity index (χ1) is 9.16. The molecule has 1 atom stereocenters. The summed E-state index contributed by atoms with van der Waals surface area (Å²) in [5.74, 6) is -0.683. The molecule has 1 heterocycles. The van der Waals surface area contributed by atoms with E-state index in [2.05, 4.69) is 25.6 Å². The summed E-state index contributed by atoms with van der Waals surface area (Å²) in [5, 5.41) is 22.3. The van der Waals surface area contributed by atoms with Crippen molar-refractivity contribution in [1.82, 2.24) is 20.6 Å². The van der Waals surface area contributed by atoms with Gasteiger partial charge in [-0.15, -0.1) is 10.2 Å². The Labute approximate surface area is 109 Å². The fourth-order valence-electron chi connectivity index (χ4n) is 1.62. The second kappa shape index (κ2) is 5.85. The Balaban J connectivity index is 2.18. The average Bonchev–Trinajstić information content (AvgIpc) is 2.91. The van der Waals surface area contributed by atoms with Gasteiger partial charge < -0.3 is 5.11 Å². The van der Waals surface area contributed by atoms with Gasteiger partial charge in [-0.2, -0.15) is 5.21 Å². The zero-order chi connectivity index (χ0) is 13.7. The number of hydrogen-bond acceptors (Lipinski definition) is 5. The number of tetrazole rings is 1. The summed E-state index contributed by atoms with van der Waals surface area (Å²) in [4.78, 5) is 15.4. The first-order valence-corrected chi connectivity index (χ1v) is 5.72. The summed E-state index contributed by atoms with van der Waals surface area (Å²) in [6.07, 6.45) is 0.107. The Morgan fingerprint density at radius 1 is 1.42 bits per heavy atom. The van der Waals surface area contributed by atoms with Gasteiger partial charge in [0.05, 0.1) is 0 Å². The van der Waals surface area contributed by atoms with Gasteiger partial charge in [-0.05, 0) is 12.5 Å². The SMILES string of the molecule is C/C(=N\[C@@H](Cc1nn[nH]n1)C(=O)O)c1ccccc1. The summed E-state index contributed by atoms with van der Waals surface area (Å²) in [7, 11) is 0. The van der Waals surface area contributed by atoms with Crippen LogP contribution in [0.4, 0.5) is 0 Å². The molecule has 7 heteroatoms. The lowest BCUT2D eigenvalue weighted by Gasteiger charge is -2.07. The summed E-state index contributed by atoms with van der Waals surface area (Å²) < 4.78 is 0. The van der Waals surface area contributed by atoms with Crippen molar-refractivity contribution < 1.29 is 9.90 Å². The van der Waals surface area contributed by atoms with Crippen LogP contribution in [0.1, 0.15) is 18.3 Å². The van der Waals surface area contributed by atoms with Gasteiger partial charge in [-0.25, -0.2) is 4.79 Å². The molecule has 2 N–H and O–H groups in total. The highest BCUT2D eigenvalue weighted by atomic mass is 16.4. The highest BCUT2D eigenvalue weighted by Gasteiger charge is 2.19. The van der Waals surface area contributed by atoms with Crippen molar-refractivity contribution in [2.24, 2.45) is 4.99 Å². The number of nitrogens with zero attached hydrogens (tertiary/aromatic N) is 4. The number of carbonyl (C=O) groups is 1. The van der Waals surface area contributed by atoms with Crippen molar-refractivity contribution in [3.63, 3.8) is 0 Å². The summed E-state index contributed by atoms with van der Waals surface area (Å²) >= 11 is 0. The van der Waals surface area contributed by atoms with E-state index in [-0.39, 0.29) is 6.42 Å². The zero-order valence-corrected chi connectivity index (χ0v) is 10.3. The van der Waals surface area contributed by atoms with E-state index in [0.717, 1.165) is 5.56 Å². The number of carboxylic acids is 1. The van der Waals surface area contributed by atoms with E-state index < -0.39 is 12.0 Å². The molecule has 0 fully saturated rings. The number of rotatable bonds is 5. The van der Waals surface area contributed by atoms with E-state index in [1.165, 1.54) is 0 Å². The summed E-state index contributed by atoms with van der Waals surface area (Å²) in [5.41, 5.74) is 1.55. The minimum absolute atomic E-state index is 0.107. The maximum Gasteiger partial charge on any atom is 0.328 e. The molecule has 1 aromatic heterocycles. The van der Waals surface area contributed by atoms with Crippen molar-refractivity contribution in [3.05, 3.63) is 41.7 Å². The highest BCUT2D eigenvalue weighted by Crippen LogP contribution is 2.06. The maximum absolute atomic E-state index is 11.2. The molecule has 0 aliphatic heterocycles. The molecule has 0 aliphatic carbocycles. The highest BCUT2D eigenvalue weighted by molar-refractivity contribution is 5.99. The molecule has 98 valence electrons. The van der Waals surface area contributed by atoms with Crippen LogP contribution in [0.25, 0.3) is 0 Å². The van der Waals surface area contributed by atoms with E-state index in [4.69, 9.17) is 0 Å². The third-order valence-corrected chi connectivity index (χ3v) is 2.59. The molecule has 0 radical (unpaired) electrons. The van der Waals surface area contributed by atoms with Gasteiger partial charge in [0.25, 0.3) is 0 Å². The van der Waals surface area contributed by atoms with Crippen LogP contribution in [-0.4, -0.2) is 43.5 Å². The Morgan fingerprint density at radius 2 is 2.16 bits per heavy atom. The topological polar surface area (TPSA) is 104 Å². The third kappa shape index (κ3) is 3.44. The van der Waals surface area contributed by atoms with Crippen LogP contribution in [-0.2, 0) is 11.2 Å². The molecular formula is C12H13N5O2. The van der Waals surface area contributed by atoms with Gasteiger partial charge >= 0.3 is 5.97 Å². The second-order valence-electron chi connectivity index (χ2n) is 3.97. The van der Waals surface area contributed by atoms with Gasteiger partial charge in [0, 0.05) is 12.1 Å². The molecule has 7 nitrogen and oxygen atoms in total. The molecule has 0 unspecified atom stereocenters. The zero-order valence-electron chi connectivity index (χ0n) is 10.3. The number of aliphatic imine (C=N–C) groups is 1. The van der Waals surface area contributed by atoms with E-state index >= 15 is 0 Å². The number of aliphatic carboxylic acids is 1. The molecule has 2 aromatic rings. The Kier molecular flexibility index (Phi) is 3.97. The van der Waals surface area contributed by atoms with Crippen LogP contribution < -0.4 is 0 Å². The molecule has 0 spiro atoms. The van der Waals surface area contributed by atoms with Crippen molar-refractivity contribution in [2.75, 3.05) is 0 Å². The largest absolute Gasteiger partial charge is 0.480 e. The standard InChI is InChI=1S/C12H13N5O2/c1-8(9-5-3-2-4-6-9)13-10(12(18)19)7-11-14-16-17-15-11/h2-6,10H,7H2,1H3,(H,18,19)(H,14,15,16,17)/b13-8+/t10-/m0/s1. The Bertz CT molecular complexity index is 565. The van der Waals surface area contributed by atoms with E-state index in [1.807, 2.05) is 30.3 Å². The molecular weight excluding hydrogens is 246 g/mol.